The first kappa shape index (κ1) is 23.0. The number of rotatable bonds is 8. The molecule has 1 aliphatic rings. The molecule has 1 fully saturated rings. The largest absolute Gasteiger partial charge is 0.493 e. The summed E-state index contributed by atoms with van der Waals surface area (Å²) < 4.78 is 16.4. The molecular formula is C20H21N3O5S3. The summed E-state index contributed by atoms with van der Waals surface area (Å²) in [5.41, 5.74) is 1.54. The number of thiocarbonyl (C=S) groups is 1. The van der Waals surface area contributed by atoms with Crippen LogP contribution in [0, 0.1) is 6.92 Å². The minimum absolute atomic E-state index is 0.114. The number of aryl methyl sites for hydroxylation is 1. The molecule has 8 nitrogen and oxygen atoms in total. The standard InChI is InChI=1S/C20H21N3O5S3/c1-11-10-30-19(21-11)22-16(24)5-6-23-18(25)15(31-20(23)29)9-12-7-13(26-2)17(28-4)14(8-12)27-3/h7-10H,5-6H2,1-4H3,(H,21,22,24)/b15-9+. The second-order valence-corrected chi connectivity index (χ2v) is 8.92. The molecule has 0 atom stereocenters. The number of carbonyl (C=O) groups excluding carboxylic acids is 2. The van der Waals surface area contributed by atoms with E-state index < -0.39 is 0 Å². The second kappa shape index (κ2) is 10.1. The van der Waals surface area contributed by atoms with E-state index in [1.165, 1.54) is 49.3 Å². The molecule has 0 bridgehead atoms. The van der Waals surface area contributed by atoms with Gasteiger partial charge in [-0.15, -0.1) is 11.3 Å². The molecule has 0 radical (unpaired) electrons. The Morgan fingerprint density at radius 1 is 1.23 bits per heavy atom. The summed E-state index contributed by atoms with van der Waals surface area (Å²) in [7, 11) is 4.58. The third-order valence-corrected chi connectivity index (χ3v) is 6.54. The van der Waals surface area contributed by atoms with Gasteiger partial charge in [-0.2, -0.15) is 0 Å². The van der Waals surface area contributed by atoms with Crippen LogP contribution < -0.4 is 19.5 Å². The van der Waals surface area contributed by atoms with E-state index in [0.717, 1.165) is 5.69 Å². The number of methoxy groups -OCH3 is 3. The quantitative estimate of drug-likeness (QED) is 0.453. The van der Waals surface area contributed by atoms with Crippen LogP contribution >= 0.6 is 35.3 Å². The maximum atomic E-state index is 12.8. The van der Waals surface area contributed by atoms with E-state index in [0.29, 0.717) is 37.2 Å². The molecule has 2 heterocycles. The Hall–Kier alpha value is -2.63. The Kier molecular flexibility index (Phi) is 7.52. The van der Waals surface area contributed by atoms with Gasteiger partial charge < -0.3 is 19.5 Å². The normalized spacial score (nSPS) is 14.8. The minimum atomic E-state index is -0.248. The van der Waals surface area contributed by atoms with Crippen LogP contribution in [0.2, 0.25) is 0 Å². The van der Waals surface area contributed by atoms with Gasteiger partial charge in [0.15, 0.2) is 16.6 Å². The van der Waals surface area contributed by atoms with Gasteiger partial charge in [0.1, 0.15) is 4.32 Å². The summed E-state index contributed by atoms with van der Waals surface area (Å²) in [6, 6.07) is 3.49. The first-order chi connectivity index (χ1) is 14.9. The SMILES string of the molecule is COc1cc(/C=C2/SC(=S)N(CCC(=O)Nc3nc(C)cs3)C2=O)cc(OC)c1OC. The first-order valence-corrected chi connectivity index (χ1v) is 11.2. The molecule has 0 aliphatic carbocycles. The van der Waals surface area contributed by atoms with E-state index in [9.17, 15) is 9.59 Å². The Balaban J connectivity index is 1.71. The highest BCUT2D eigenvalue weighted by Gasteiger charge is 2.32. The fraction of sp³-hybridized carbons (Fsp3) is 0.300. The lowest BCUT2D eigenvalue weighted by atomic mass is 10.1. The lowest BCUT2D eigenvalue weighted by Crippen LogP contribution is -2.31. The summed E-state index contributed by atoms with van der Waals surface area (Å²) in [6.45, 7) is 2.04. The number of amides is 2. The first-order valence-electron chi connectivity index (χ1n) is 9.13. The van der Waals surface area contributed by atoms with Gasteiger partial charge in [0.2, 0.25) is 11.7 Å². The van der Waals surface area contributed by atoms with Gasteiger partial charge in [0, 0.05) is 18.3 Å². The van der Waals surface area contributed by atoms with E-state index in [2.05, 4.69) is 10.3 Å². The van der Waals surface area contributed by atoms with Gasteiger partial charge in [-0.05, 0) is 30.7 Å². The Bertz CT molecular complexity index is 1030. The van der Waals surface area contributed by atoms with Crippen LogP contribution in [0.3, 0.4) is 0 Å². The van der Waals surface area contributed by atoms with Crippen molar-refractivity contribution >= 4 is 62.7 Å². The van der Waals surface area contributed by atoms with Crippen molar-refractivity contribution in [1.82, 2.24) is 9.88 Å². The van der Waals surface area contributed by atoms with Crippen LogP contribution in [0.5, 0.6) is 17.2 Å². The Morgan fingerprint density at radius 3 is 2.45 bits per heavy atom. The number of ether oxygens (including phenoxy) is 3. The average Bonchev–Trinajstić information content (AvgIpc) is 3.27. The van der Waals surface area contributed by atoms with E-state index in [1.807, 2.05) is 12.3 Å². The van der Waals surface area contributed by atoms with Crippen molar-refractivity contribution in [2.75, 3.05) is 33.2 Å². The summed E-state index contributed by atoms with van der Waals surface area (Å²) in [4.78, 5) is 31.1. The third kappa shape index (κ3) is 5.35. The second-order valence-electron chi connectivity index (χ2n) is 6.38. The molecule has 0 spiro atoms. The van der Waals surface area contributed by atoms with Gasteiger partial charge in [0.25, 0.3) is 5.91 Å². The molecule has 1 aromatic carbocycles. The van der Waals surface area contributed by atoms with Crippen LogP contribution in [0.25, 0.3) is 6.08 Å². The fourth-order valence-electron chi connectivity index (χ4n) is 2.84. The van der Waals surface area contributed by atoms with Gasteiger partial charge in [-0.1, -0.05) is 24.0 Å². The van der Waals surface area contributed by atoms with Crippen molar-refractivity contribution in [2.45, 2.75) is 13.3 Å². The highest BCUT2D eigenvalue weighted by atomic mass is 32.2. The van der Waals surface area contributed by atoms with E-state index in [1.54, 1.807) is 18.2 Å². The predicted molar refractivity (Wildman–Crippen MR) is 126 cm³/mol. The van der Waals surface area contributed by atoms with Gasteiger partial charge in [-0.25, -0.2) is 4.98 Å². The molecule has 0 unspecified atom stereocenters. The van der Waals surface area contributed by atoms with Crippen molar-refractivity contribution < 1.29 is 23.8 Å². The summed E-state index contributed by atoms with van der Waals surface area (Å²) in [6.07, 6.45) is 1.82. The van der Waals surface area contributed by atoms with Crippen molar-refractivity contribution in [3.63, 3.8) is 0 Å². The van der Waals surface area contributed by atoms with Crippen LogP contribution in [-0.2, 0) is 9.59 Å². The van der Waals surface area contributed by atoms with Gasteiger partial charge in [-0.3, -0.25) is 14.5 Å². The number of hydrogen-bond acceptors (Lipinski definition) is 9. The number of nitrogens with one attached hydrogen (secondary N) is 1. The Labute approximate surface area is 193 Å². The van der Waals surface area contributed by atoms with Crippen molar-refractivity contribution in [3.8, 4) is 17.2 Å². The molecule has 3 rings (SSSR count). The highest BCUT2D eigenvalue weighted by molar-refractivity contribution is 8.26. The maximum absolute atomic E-state index is 12.8. The zero-order chi connectivity index (χ0) is 22.5. The van der Waals surface area contributed by atoms with Gasteiger partial charge >= 0.3 is 0 Å². The molecule has 164 valence electrons. The van der Waals surface area contributed by atoms with E-state index in [4.69, 9.17) is 26.4 Å². The number of hydrogen-bond donors (Lipinski definition) is 1. The maximum Gasteiger partial charge on any atom is 0.266 e. The number of benzene rings is 1. The average molecular weight is 480 g/mol. The molecule has 1 aliphatic heterocycles. The number of carbonyl (C=O) groups is 2. The molecule has 1 saturated heterocycles. The number of nitrogens with zero attached hydrogens (tertiary/aromatic N) is 2. The zero-order valence-corrected chi connectivity index (χ0v) is 19.8. The van der Waals surface area contributed by atoms with Crippen LogP contribution in [0.1, 0.15) is 17.7 Å². The van der Waals surface area contributed by atoms with Crippen molar-refractivity contribution in [3.05, 3.63) is 33.7 Å². The number of thioether (sulfide) groups is 1. The molecule has 1 N–H and O–H groups in total. The lowest BCUT2D eigenvalue weighted by Gasteiger charge is -2.14. The molecule has 1 aromatic heterocycles. The predicted octanol–water partition coefficient (Wildman–Crippen LogP) is 3.71. The summed E-state index contributed by atoms with van der Waals surface area (Å²) in [5, 5.41) is 5.12. The smallest absolute Gasteiger partial charge is 0.266 e. The van der Waals surface area contributed by atoms with Crippen molar-refractivity contribution in [2.24, 2.45) is 0 Å². The topological polar surface area (TPSA) is 90.0 Å². The Morgan fingerprint density at radius 2 is 1.90 bits per heavy atom. The monoisotopic (exact) mass is 479 g/mol. The molecule has 2 aromatic rings. The number of thiazole rings is 1. The van der Waals surface area contributed by atoms with E-state index >= 15 is 0 Å². The third-order valence-electron chi connectivity index (χ3n) is 4.29. The van der Waals surface area contributed by atoms with E-state index in [-0.39, 0.29) is 24.8 Å². The molecule has 11 heteroatoms. The van der Waals surface area contributed by atoms with Crippen LogP contribution in [-0.4, -0.2) is 53.9 Å². The molecule has 31 heavy (non-hydrogen) atoms. The van der Waals surface area contributed by atoms with Crippen LogP contribution in [0.4, 0.5) is 5.13 Å². The van der Waals surface area contributed by atoms with Crippen molar-refractivity contribution in [1.29, 1.82) is 0 Å². The van der Waals surface area contributed by atoms with Gasteiger partial charge in [0.05, 0.1) is 31.9 Å². The highest BCUT2D eigenvalue weighted by Crippen LogP contribution is 2.40. The minimum Gasteiger partial charge on any atom is -0.493 e. The molecule has 0 saturated carbocycles. The fourth-order valence-corrected chi connectivity index (χ4v) is 4.85. The zero-order valence-electron chi connectivity index (χ0n) is 17.4. The van der Waals surface area contributed by atoms with Crippen LogP contribution in [0.15, 0.2) is 22.4 Å². The summed E-state index contributed by atoms with van der Waals surface area (Å²) >= 11 is 7.89. The number of anilines is 1. The summed E-state index contributed by atoms with van der Waals surface area (Å²) in [5.74, 6) is 0.963. The molecule has 2 amide bonds. The molecular weight excluding hydrogens is 458 g/mol. The lowest BCUT2D eigenvalue weighted by molar-refractivity contribution is -0.122. The number of aromatic nitrogens is 1.